The Morgan fingerprint density at radius 3 is 2.13 bits per heavy atom. The normalized spacial score (nSPS) is 11.0. The first-order valence-electron chi connectivity index (χ1n) is 14.9. The van der Waals surface area contributed by atoms with Crippen molar-refractivity contribution >= 4 is 17.0 Å². The highest BCUT2D eigenvalue weighted by Gasteiger charge is 2.20. The third-order valence-electron chi connectivity index (χ3n) is 7.67. The highest BCUT2D eigenvalue weighted by atomic mass is 19.1. The summed E-state index contributed by atoms with van der Waals surface area (Å²) in [6.07, 6.45) is -0.0240. The Hall–Kier alpha value is -5.70. The van der Waals surface area contributed by atoms with E-state index >= 15 is 4.39 Å². The van der Waals surface area contributed by atoms with Gasteiger partial charge in [0.15, 0.2) is 0 Å². The topological polar surface area (TPSA) is 84.6 Å². The number of imidazole rings is 1. The summed E-state index contributed by atoms with van der Waals surface area (Å²) < 4.78 is 35.4. The fourth-order valence-electron chi connectivity index (χ4n) is 5.33. The summed E-state index contributed by atoms with van der Waals surface area (Å²) in [6, 6.07) is 33.0. The maximum absolute atomic E-state index is 15.2. The Balaban J connectivity index is 1.40. The van der Waals surface area contributed by atoms with E-state index in [0.717, 1.165) is 11.1 Å². The largest absolute Gasteiger partial charge is 0.473 e. The van der Waals surface area contributed by atoms with Crippen molar-refractivity contribution in [3.05, 3.63) is 142 Å². The predicted molar refractivity (Wildman–Crippen MR) is 174 cm³/mol. The number of hydrogen-bond donors (Lipinski definition) is 0. The molecule has 0 atom stereocenters. The fraction of sp³-hybridized carbons (Fsp3) is 0.162. The molecular weight excluding hydrogens is 585 g/mol. The Kier molecular flexibility index (Phi) is 8.91. The van der Waals surface area contributed by atoms with Gasteiger partial charge < -0.3 is 14.2 Å². The first-order chi connectivity index (χ1) is 22.4. The zero-order valence-electron chi connectivity index (χ0n) is 25.5. The SMILES string of the molecule is CCn1c(=O)n(-c2ccc(OCc3ccccc3)nc2OCc2ccccc2)c2ccc(-c3ccc(CC(=O)OC)cc3F)cc21. The molecule has 4 aromatic carbocycles. The molecule has 9 heteroatoms. The van der Waals surface area contributed by atoms with Crippen molar-refractivity contribution in [2.24, 2.45) is 0 Å². The molecule has 6 rings (SSSR count). The molecule has 0 aliphatic carbocycles. The van der Waals surface area contributed by atoms with Crippen LogP contribution in [0.15, 0.2) is 114 Å². The lowest BCUT2D eigenvalue weighted by molar-refractivity contribution is -0.139. The minimum atomic E-state index is -0.475. The second-order valence-electron chi connectivity index (χ2n) is 10.7. The molecule has 0 N–H and O–H groups in total. The number of aromatic nitrogens is 3. The van der Waals surface area contributed by atoms with E-state index in [1.807, 2.05) is 67.6 Å². The predicted octanol–water partition coefficient (Wildman–Crippen LogP) is 6.89. The lowest BCUT2D eigenvalue weighted by Crippen LogP contribution is -2.23. The molecule has 0 unspecified atom stereocenters. The summed E-state index contributed by atoms with van der Waals surface area (Å²) in [5.74, 6) is -0.323. The van der Waals surface area contributed by atoms with Crippen LogP contribution in [0, 0.1) is 5.82 Å². The van der Waals surface area contributed by atoms with Crippen molar-refractivity contribution < 1.29 is 23.4 Å². The molecule has 0 fully saturated rings. The van der Waals surface area contributed by atoms with E-state index in [1.165, 1.54) is 13.2 Å². The quantitative estimate of drug-likeness (QED) is 0.147. The van der Waals surface area contributed by atoms with Crippen LogP contribution in [0.3, 0.4) is 0 Å². The summed E-state index contributed by atoms with van der Waals surface area (Å²) in [5.41, 5.74) is 4.81. The highest BCUT2D eigenvalue weighted by molar-refractivity contribution is 5.85. The minimum absolute atomic E-state index is 0.0240. The number of methoxy groups -OCH3 is 1. The number of esters is 1. The van der Waals surface area contributed by atoms with Crippen LogP contribution >= 0.6 is 0 Å². The third-order valence-corrected chi connectivity index (χ3v) is 7.67. The average Bonchev–Trinajstić information content (AvgIpc) is 3.37. The number of nitrogens with zero attached hydrogens (tertiary/aromatic N) is 3. The Morgan fingerprint density at radius 1 is 0.783 bits per heavy atom. The number of halogens is 1. The van der Waals surface area contributed by atoms with Crippen LogP contribution in [0.5, 0.6) is 11.8 Å². The number of benzene rings is 4. The van der Waals surface area contributed by atoms with Gasteiger partial charge in [0.05, 0.1) is 24.6 Å². The zero-order chi connectivity index (χ0) is 32.0. The molecule has 6 aromatic rings. The molecule has 0 bridgehead atoms. The Labute approximate surface area is 265 Å². The summed E-state index contributed by atoms with van der Waals surface area (Å²) in [6.45, 7) is 2.83. The number of ether oxygens (including phenoxy) is 3. The van der Waals surface area contributed by atoms with Gasteiger partial charge in [-0.25, -0.2) is 9.18 Å². The van der Waals surface area contributed by atoms with Crippen LogP contribution in [0.25, 0.3) is 27.8 Å². The van der Waals surface area contributed by atoms with E-state index in [2.05, 4.69) is 4.98 Å². The van der Waals surface area contributed by atoms with Crippen molar-refractivity contribution in [3.8, 4) is 28.6 Å². The average molecular weight is 618 g/mol. The van der Waals surface area contributed by atoms with Crippen molar-refractivity contribution in [1.29, 1.82) is 0 Å². The van der Waals surface area contributed by atoms with Gasteiger partial charge in [0, 0.05) is 18.2 Å². The molecule has 46 heavy (non-hydrogen) atoms. The Morgan fingerprint density at radius 2 is 1.48 bits per heavy atom. The van der Waals surface area contributed by atoms with Gasteiger partial charge in [-0.3, -0.25) is 13.9 Å². The number of carbonyl (C=O) groups is 1. The van der Waals surface area contributed by atoms with Crippen molar-refractivity contribution in [1.82, 2.24) is 14.1 Å². The maximum Gasteiger partial charge on any atom is 0.333 e. The van der Waals surface area contributed by atoms with E-state index in [9.17, 15) is 9.59 Å². The number of pyridine rings is 1. The fourth-order valence-corrected chi connectivity index (χ4v) is 5.33. The molecule has 2 aromatic heterocycles. The molecule has 0 saturated carbocycles. The van der Waals surface area contributed by atoms with Crippen LogP contribution in [0.4, 0.5) is 4.39 Å². The van der Waals surface area contributed by atoms with E-state index in [4.69, 9.17) is 14.2 Å². The summed E-state index contributed by atoms with van der Waals surface area (Å²) in [7, 11) is 1.30. The van der Waals surface area contributed by atoms with Gasteiger partial charge in [0.1, 0.15) is 24.7 Å². The number of hydrogen-bond acceptors (Lipinski definition) is 6. The molecule has 0 radical (unpaired) electrons. The van der Waals surface area contributed by atoms with E-state index in [0.29, 0.717) is 52.4 Å². The van der Waals surface area contributed by atoms with Crippen LogP contribution in [0.1, 0.15) is 23.6 Å². The van der Waals surface area contributed by atoms with Crippen LogP contribution in [-0.4, -0.2) is 27.2 Å². The second-order valence-corrected chi connectivity index (χ2v) is 10.7. The number of aryl methyl sites for hydroxylation is 1. The Bertz CT molecular complexity index is 2060. The zero-order valence-corrected chi connectivity index (χ0v) is 25.5. The molecule has 0 aliphatic rings. The van der Waals surface area contributed by atoms with Gasteiger partial charge >= 0.3 is 11.7 Å². The molecule has 0 saturated heterocycles. The summed E-state index contributed by atoms with van der Waals surface area (Å²) in [5, 5.41) is 0. The molecule has 0 amide bonds. The van der Waals surface area contributed by atoms with E-state index in [-0.39, 0.29) is 24.6 Å². The first kappa shape index (κ1) is 30.3. The maximum atomic E-state index is 15.2. The van der Waals surface area contributed by atoms with Crippen molar-refractivity contribution in [3.63, 3.8) is 0 Å². The lowest BCUT2D eigenvalue weighted by atomic mass is 10.0. The number of fused-ring (bicyclic) bond motifs is 1. The van der Waals surface area contributed by atoms with Crippen LogP contribution < -0.4 is 15.2 Å². The first-order valence-corrected chi connectivity index (χ1v) is 14.9. The van der Waals surface area contributed by atoms with Crippen LogP contribution in [0.2, 0.25) is 0 Å². The van der Waals surface area contributed by atoms with Gasteiger partial charge in [-0.05, 0) is 53.4 Å². The van der Waals surface area contributed by atoms with Gasteiger partial charge in [-0.15, -0.1) is 0 Å². The third kappa shape index (κ3) is 6.39. The summed E-state index contributed by atoms with van der Waals surface area (Å²) >= 11 is 0. The van der Waals surface area contributed by atoms with Gasteiger partial charge in [-0.1, -0.05) is 78.9 Å². The smallest absolute Gasteiger partial charge is 0.333 e. The lowest BCUT2D eigenvalue weighted by Gasteiger charge is -2.14. The minimum Gasteiger partial charge on any atom is -0.473 e. The van der Waals surface area contributed by atoms with Crippen molar-refractivity contribution in [2.45, 2.75) is 33.1 Å². The van der Waals surface area contributed by atoms with E-state index in [1.54, 1.807) is 51.6 Å². The van der Waals surface area contributed by atoms with Crippen LogP contribution in [-0.2, 0) is 35.7 Å². The van der Waals surface area contributed by atoms with E-state index < -0.39 is 11.8 Å². The number of carbonyl (C=O) groups excluding carboxylic acids is 1. The van der Waals surface area contributed by atoms with Gasteiger partial charge in [0.25, 0.3) is 0 Å². The highest BCUT2D eigenvalue weighted by Crippen LogP contribution is 2.31. The molecule has 2 heterocycles. The number of rotatable bonds is 11. The molecular formula is C37H32FN3O5. The van der Waals surface area contributed by atoms with Gasteiger partial charge in [0.2, 0.25) is 11.8 Å². The molecule has 0 aliphatic heterocycles. The molecule has 232 valence electrons. The monoisotopic (exact) mass is 617 g/mol. The standard InChI is InChI=1S/C37H32FN3O5/c1-3-40-33-22-28(29-16-14-27(20-30(29)38)21-35(42)44-2)15-17-31(33)41(37(40)43)32-18-19-34(45-23-25-10-6-4-7-11-25)39-36(32)46-24-26-12-8-5-9-13-26/h4-20,22H,3,21,23-24H2,1-2H3. The summed E-state index contributed by atoms with van der Waals surface area (Å²) in [4.78, 5) is 30.3. The second kappa shape index (κ2) is 13.5. The van der Waals surface area contributed by atoms with Crippen molar-refractivity contribution in [2.75, 3.05) is 7.11 Å². The molecule has 0 spiro atoms. The molecule has 8 nitrogen and oxygen atoms in total. The van der Waals surface area contributed by atoms with Gasteiger partial charge in [-0.2, -0.15) is 4.98 Å².